The van der Waals surface area contributed by atoms with E-state index in [4.69, 9.17) is 19.3 Å². The van der Waals surface area contributed by atoms with E-state index in [9.17, 15) is 4.79 Å². The molecule has 8 nitrogen and oxygen atoms in total. The summed E-state index contributed by atoms with van der Waals surface area (Å²) in [5.74, 6) is 1.77. The Morgan fingerprint density at radius 1 is 1.29 bits per heavy atom. The second kappa shape index (κ2) is 10.4. The summed E-state index contributed by atoms with van der Waals surface area (Å²) in [4.78, 5) is 20.8. The van der Waals surface area contributed by atoms with E-state index >= 15 is 0 Å². The van der Waals surface area contributed by atoms with Gasteiger partial charge in [-0.2, -0.15) is 5.10 Å². The van der Waals surface area contributed by atoms with E-state index in [2.05, 4.69) is 28.9 Å². The second-order valence-corrected chi connectivity index (χ2v) is 10.2. The maximum absolute atomic E-state index is 12.7. The van der Waals surface area contributed by atoms with Crippen LogP contribution in [0.1, 0.15) is 51.7 Å². The molecule has 4 heterocycles. The van der Waals surface area contributed by atoms with Gasteiger partial charge in [0.2, 0.25) is 6.79 Å². The maximum atomic E-state index is 12.7. The number of hydrogen-bond acceptors (Lipinski definition) is 8. The number of esters is 1. The molecular formula is C26H32N4O4S. The zero-order valence-electron chi connectivity index (χ0n) is 20.6. The number of hydrogen-bond donors (Lipinski definition) is 0. The molecule has 2 aromatic heterocycles. The van der Waals surface area contributed by atoms with Crippen LogP contribution in [0.25, 0.3) is 0 Å². The minimum absolute atomic E-state index is 0.296. The summed E-state index contributed by atoms with van der Waals surface area (Å²) in [6, 6.07) is 6.19. The van der Waals surface area contributed by atoms with E-state index in [-0.39, 0.29) is 5.97 Å². The first kappa shape index (κ1) is 23.8. The number of benzene rings is 1. The van der Waals surface area contributed by atoms with Crippen molar-refractivity contribution >= 4 is 17.3 Å². The van der Waals surface area contributed by atoms with Crippen LogP contribution in [-0.2, 0) is 37.1 Å². The van der Waals surface area contributed by atoms with Gasteiger partial charge in [0.25, 0.3) is 0 Å². The molecule has 0 fully saturated rings. The number of fused-ring (bicyclic) bond motifs is 2. The highest BCUT2D eigenvalue weighted by Gasteiger charge is 2.29. The van der Waals surface area contributed by atoms with E-state index in [0.29, 0.717) is 31.6 Å². The third kappa shape index (κ3) is 5.21. The van der Waals surface area contributed by atoms with Crippen molar-refractivity contribution in [2.75, 3.05) is 26.5 Å². The first-order chi connectivity index (χ1) is 17.0. The number of thiazole rings is 1. The molecule has 5 rings (SSSR count). The van der Waals surface area contributed by atoms with Crippen LogP contribution < -0.4 is 9.47 Å². The van der Waals surface area contributed by atoms with E-state index in [1.165, 1.54) is 10.4 Å². The fourth-order valence-electron chi connectivity index (χ4n) is 5.00. The van der Waals surface area contributed by atoms with Crippen molar-refractivity contribution in [3.05, 3.63) is 56.8 Å². The van der Waals surface area contributed by atoms with Crippen LogP contribution in [0.3, 0.4) is 0 Å². The number of carbonyl (C=O) groups is 1. The molecule has 0 N–H and O–H groups in total. The monoisotopic (exact) mass is 496 g/mol. The third-order valence-electron chi connectivity index (χ3n) is 6.67. The Morgan fingerprint density at radius 2 is 2.14 bits per heavy atom. The molecule has 0 spiro atoms. The zero-order valence-corrected chi connectivity index (χ0v) is 21.4. The summed E-state index contributed by atoms with van der Waals surface area (Å²) < 4.78 is 18.3. The number of rotatable bonds is 9. The van der Waals surface area contributed by atoms with Crippen LogP contribution in [0.2, 0.25) is 0 Å². The normalized spacial score (nSPS) is 15.7. The lowest BCUT2D eigenvalue weighted by Gasteiger charge is -2.30. The van der Waals surface area contributed by atoms with Crippen LogP contribution in [0.5, 0.6) is 11.5 Å². The zero-order chi connectivity index (χ0) is 24.4. The van der Waals surface area contributed by atoms with Gasteiger partial charge in [0.05, 0.1) is 17.8 Å². The first-order valence-corrected chi connectivity index (χ1v) is 13.1. The highest BCUT2D eigenvalue weighted by atomic mass is 32.1. The molecule has 0 saturated heterocycles. The van der Waals surface area contributed by atoms with Gasteiger partial charge in [-0.15, -0.1) is 11.3 Å². The molecule has 0 aliphatic carbocycles. The van der Waals surface area contributed by atoms with Crippen molar-refractivity contribution < 1.29 is 19.0 Å². The number of aromatic nitrogens is 3. The van der Waals surface area contributed by atoms with Gasteiger partial charge < -0.3 is 14.2 Å². The number of carbonyl (C=O) groups excluding carboxylic acids is 1. The fraction of sp³-hybridized carbons (Fsp3) is 0.500. The molecule has 1 aromatic carbocycles. The van der Waals surface area contributed by atoms with Gasteiger partial charge in [0.1, 0.15) is 0 Å². The number of nitrogens with zero attached hydrogens (tertiary/aromatic N) is 4. The first-order valence-electron chi connectivity index (χ1n) is 12.3. The van der Waals surface area contributed by atoms with Crippen LogP contribution in [-0.4, -0.2) is 52.1 Å². The van der Waals surface area contributed by atoms with Crippen molar-refractivity contribution in [3.8, 4) is 11.5 Å². The lowest BCUT2D eigenvalue weighted by Crippen LogP contribution is -2.35. The number of ether oxygens (including phenoxy) is 3. The van der Waals surface area contributed by atoms with E-state index < -0.39 is 0 Å². The molecule has 0 amide bonds. The number of aryl methyl sites for hydroxylation is 3. The summed E-state index contributed by atoms with van der Waals surface area (Å²) >= 11 is 1.67. The summed E-state index contributed by atoms with van der Waals surface area (Å²) in [6.07, 6.45) is 2.70. The Kier molecular flexibility index (Phi) is 7.06. The molecule has 2 aliphatic rings. The van der Waals surface area contributed by atoms with Crippen molar-refractivity contribution in [2.24, 2.45) is 5.92 Å². The molecular weight excluding hydrogens is 464 g/mol. The summed E-state index contributed by atoms with van der Waals surface area (Å²) in [6.45, 7) is 10.1. The minimum atomic E-state index is -0.327. The molecule has 186 valence electrons. The fourth-order valence-corrected chi connectivity index (χ4v) is 5.77. The molecule has 35 heavy (non-hydrogen) atoms. The van der Waals surface area contributed by atoms with Crippen LogP contribution in [0.15, 0.2) is 23.7 Å². The standard InChI is InChI=1S/C26H32N4O4S/c1-4-32-26(31)25-20-14-29(13-17(2)11-19-5-6-22-23(12-19)34-16-33-22)9-7-21(20)30(28-25)10-8-24-18(3)27-15-35-24/h5-6,12,15,17H,4,7-11,13-14,16H2,1-3H3/t17-/m0/s1. The van der Waals surface area contributed by atoms with Crippen LogP contribution >= 0.6 is 11.3 Å². The summed E-state index contributed by atoms with van der Waals surface area (Å²) in [5.41, 5.74) is 6.86. The minimum Gasteiger partial charge on any atom is -0.461 e. The van der Waals surface area contributed by atoms with Crippen molar-refractivity contribution in [2.45, 2.75) is 53.1 Å². The Balaban J connectivity index is 1.27. The summed E-state index contributed by atoms with van der Waals surface area (Å²) in [7, 11) is 0. The van der Waals surface area contributed by atoms with Gasteiger partial charge in [0.15, 0.2) is 17.2 Å². The topological polar surface area (TPSA) is 78.7 Å². The van der Waals surface area contributed by atoms with Crippen molar-refractivity contribution in [1.29, 1.82) is 0 Å². The lowest BCUT2D eigenvalue weighted by molar-refractivity contribution is 0.0515. The Hall–Kier alpha value is -2.91. The molecule has 0 bridgehead atoms. The van der Waals surface area contributed by atoms with Gasteiger partial charge in [0, 0.05) is 55.2 Å². The van der Waals surface area contributed by atoms with Gasteiger partial charge in [-0.25, -0.2) is 9.78 Å². The van der Waals surface area contributed by atoms with E-state index in [1.807, 2.05) is 30.1 Å². The molecule has 9 heteroatoms. The van der Waals surface area contributed by atoms with Crippen LogP contribution in [0, 0.1) is 12.8 Å². The average Bonchev–Trinajstić information content (AvgIpc) is 3.56. The molecule has 0 radical (unpaired) electrons. The predicted molar refractivity (Wildman–Crippen MR) is 133 cm³/mol. The van der Waals surface area contributed by atoms with Gasteiger partial charge in [-0.3, -0.25) is 9.58 Å². The van der Waals surface area contributed by atoms with E-state index in [0.717, 1.165) is 67.3 Å². The molecule has 1 atom stereocenters. The van der Waals surface area contributed by atoms with Gasteiger partial charge in [-0.1, -0.05) is 13.0 Å². The smallest absolute Gasteiger partial charge is 0.359 e. The summed E-state index contributed by atoms with van der Waals surface area (Å²) in [5, 5.41) is 4.73. The molecule has 3 aromatic rings. The second-order valence-electron chi connectivity index (χ2n) is 9.31. The Labute approximate surface area is 209 Å². The third-order valence-corrected chi connectivity index (χ3v) is 7.66. The van der Waals surface area contributed by atoms with Gasteiger partial charge >= 0.3 is 5.97 Å². The highest BCUT2D eigenvalue weighted by Crippen LogP contribution is 2.33. The molecule has 0 unspecified atom stereocenters. The molecule has 0 saturated carbocycles. The molecule has 2 aliphatic heterocycles. The predicted octanol–water partition coefficient (Wildman–Crippen LogP) is 4.03. The maximum Gasteiger partial charge on any atom is 0.359 e. The van der Waals surface area contributed by atoms with E-state index in [1.54, 1.807) is 11.3 Å². The Bertz CT molecular complexity index is 1200. The van der Waals surface area contributed by atoms with Crippen molar-refractivity contribution in [3.63, 3.8) is 0 Å². The average molecular weight is 497 g/mol. The Morgan fingerprint density at radius 3 is 2.94 bits per heavy atom. The van der Waals surface area contributed by atoms with Crippen molar-refractivity contribution in [1.82, 2.24) is 19.7 Å². The lowest BCUT2D eigenvalue weighted by atomic mass is 9.98. The highest BCUT2D eigenvalue weighted by molar-refractivity contribution is 7.09. The van der Waals surface area contributed by atoms with Crippen LogP contribution in [0.4, 0.5) is 0 Å². The largest absolute Gasteiger partial charge is 0.461 e. The van der Waals surface area contributed by atoms with Gasteiger partial charge in [-0.05, 0) is 43.9 Å². The quantitative estimate of drug-likeness (QED) is 0.414. The SMILES string of the molecule is CCOC(=O)c1nn(CCc2scnc2C)c2c1CN(C[C@@H](C)Cc1ccc3c(c1)OCO3)CC2.